The van der Waals surface area contributed by atoms with Gasteiger partial charge in [0.2, 0.25) is 0 Å². The number of imidazole rings is 1. The number of hydrogen-bond donors (Lipinski definition) is 1. The minimum atomic E-state index is -0.133. The number of nitrogens with one attached hydrogen (secondary N) is 1. The average Bonchev–Trinajstić information content (AvgIpc) is 3.18. The molecular weight excluding hydrogens is 374 g/mol. The highest BCUT2D eigenvalue weighted by Crippen LogP contribution is 2.25. The summed E-state index contributed by atoms with van der Waals surface area (Å²) < 4.78 is 1.99. The molecule has 0 radical (unpaired) electrons. The number of pyridine rings is 1. The summed E-state index contributed by atoms with van der Waals surface area (Å²) in [5.74, 6) is 0.415. The zero-order valence-electron chi connectivity index (χ0n) is 17.1. The maximum Gasteiger partial charge on any atom is 0.256 e. The molecule has 1 aliphatic heterocycles. The van der Waals surface area contributed by atoms with Crippen LogP contribution in [0.15, 0.2) is 61.2 Å². The number of rotatable bonds is 3. The maximum atomic E-state index is 12.8. The number of hydrogen-bond acceptors (Lipinski definition) is 4. The second-order valence-corrected chi connectivity index (χ2v) is 7.95. The normalized spacial score (nSPS) is 13.9. The van der Waals surface area contributed by atoms with Crippen LogP contribution in [0.25, 0.3) is 22.0 Å². The van der Waals surface area contributed by atoms with E-state index in [1.807, 2.05) is 42.1 Å². The molecule has 4 aromatic rings. The number of benzene rings is 2. The lowest BCUT2D eigenvalue weighted by Crippen LogP contribution is -2.27. The van der Waals surface area contributed by atoms with E-state index < -0.39 is 0 Å². The van der Waals surface area contributed by atoms with Gasteiger partial charge in [-0.15, -0.1) is 0 Å². The number of anilines is 1. The molecule has 0 spiro atoms. The van der Waals surface area contributed by atoms with Gasteiger partial charge in [0, 0.05) is 42.8 Å². The van der Waals surface area contributed by atoms with Gasteiger partial charge in [-0.05, 0) is 54.2 Å². The van der Waals surface area contributed by atoms with Crippen LogP contribution in [0.3, 0.4) is 0 Å². The van der Waals surface area contributed by atoms with Crippen molar-refractivity contribution in [2.75, 3.05) is 18.9 Å². The summed E-state index contributed by atoms with van der Waals surface area (Å²) in [5, 5.41) is 5.00. The van der Waals surface area contributed by atoms with Crippen LogP contribution in [0.5, 0.6) is 0 Å². The molecule has 6 nitrogen and oxygen atoms in total. The van der Waals surface area contributed by atoms with Crippen LogP contribution in [0.4, 0.5) is 5.82 Å². The van der Waals surface area contributed by atoms with Crippen LogP contribution in [0.2, 0.25) is 0 Å². The summed E-state index contributed by atoms with van der Waals surface area (Å²) in [7, 11) is 4.09. The zero-order valence-corrected chi connectivity index (χ0v) is 17.1. The molecule has 5 rings (SSSR count). The molecule has 150 valence electrons. The number of carbonyl (C=O) groups is 1. The molecule has 1 N–H and O–H groups in total. The smallest absolute Gasteiger partial charge is 0.256 e. The van der Waals surface area contributed by atoms with Gasteiger partial charge >= 0.3 is 0 Å². The molecular formula is C24H23N5O. The summed E-state index contributed by atoms with van der Waals surface area (Å²) in [6, 6.07) is 14.1. The molecule has 0 saturated carbocycles. The predicted molar refractivity (Wildman–Crippen MR) is 118 cm³/mol. The van der Waals surface area contributed by atoms with Gasteiger partial charge in [0.1, 0.15) is 5.82 Å². The lowest BCUT2D eigenvalue weighted by molar-refractivity contribution is 0.102. The summed E-state index contributed by atoms with van der Waals surface area (Å²) in [4.78, 5) is 23.7. The minimum Gasteiger partial charge on any atom is -0.334 e. The van der Waals surface area contributed by atoms with Gasteiger partial charge in [0.15, 0.2) is 0 Å². The van der Waals surface area contributed by atoms with Crippen molar-refractivity contribution >= 4 is 22.5 Å². The SMILES string of the molecule is CN1CCc2cc(C(=O)Nc3cc4cc(-c5cncn5C)ccc4cn3)ccc2C1. The van der Waals surface area contributed by atoms with Crippen LogP contribution < -0.4 is 5.32 Å². The van der Waals surface area contributed by atoms with E-state index in [-0.39, 0.29) is 5.91 Å². The van der Waals surface area contributed by atoms with Gasteiger partial charge in [0.05, 0.1) is 18.2 Å². The molecule has 0 saturated heterocycles. The van der Waals surface area contributed by atoms with E-state index in [1.54, 1.807) is 12.5 Å². The summed E-state index contributed by atoms with van der Waals surface area (Å²) in [6.45, 7) is 1.95. The molecule has 0 unspecified atom stereocenters. The number of carbonyl (C=O) groups excluding carboxylic acids is 1. The van der Waals surface area contributed by atoms with Crippen LogP contribution in [-0.4, -0.2) is 38.9 Å². The van der Waals surface area contributed by atoms with Gasteiger partial charge < -0.3 is 14.8 Å². The molecule has 2 aromatic heterocycles. The first-order chi connectivity index (χ1) is 14.6. The standard InChI is InChI=1S/C24H23N5O/c1-28-8-7-16-9-18(4-6-20(16)14-28)24(30)27-23-11-21-10-17(3-5-19(21)12-26-23)22-13-25-15-29(22)2/h3-6,9-13,15H,7-8,14H2,1-2H3,(H,26,27,30). The molecule has 30 heavy (non-hydrogen) atoms. The van der Waals surface area contributed by atoms with Gasteiger partial charge in [-0.3, -0.25) is 4.79 Å². The van der Waals surface area contributed by atoms with Crippen LogP contribution in [0.1, 0.15) is 21.5 Å². The summed E-state index contributed by atoms with van der Waals surface area (Å²) in [5.41, 5.74) is 5.34. The quantitative estimate of drug-likeness (QED) is 0.570. The van der Waals surface area contributed by atoms with E-state index in [2.05, 4.69) is 45.4 Å². The fraction of sp³-hybridized carbons (Fsp3) is 0.208. The molecule has 0 aliphatic carbocycles. The van der Waals surface area contributed by atoms with E-state index >= 15 is 0 Å². The fourth-order valence-electron chi connectivity index (χ4n) is 4.03. The average molecular weight is 397 g/mol. The third kappa shape index (κ3) is 3.46. The monoisotopic (exact) mass is 397 g/mol. The molecule has 2 aromatic carbocycles. The van der Waals surface area contributed by atoms with E-state index in [9.17, 15) is 4.79 Å². The van der Waals surface area contributed by atoms with Crippen molar-refractivity contribution in [1.82, 2.24) is 19.4 Å². The van der Waals surface area contributed by atoms with Crippen LogP contribution >= 0.6 is 0 Å². The highest BCUT2D eigenvalue weighted by molar-refractivity contribution is 6.04. The summed E-state index contributed by atoms with van der Waals surface area (Å²) in [6.07, 6.45) is 6.39. The first-order valence-electron chi connectivity index (χ1n) is 10.0. The Morgan fingerprint density at radius 2 is 1.90 bits per heavy atom. The maximum absolute atomic E-state index is 12.8. The number of amides is 1. The first kappa shape index (κ1) is 18.5. The molecule has 0 atom stereocenters. The number of nitrogens with zero attached hydrogens (tertiary/aromatic N) is 4. The largest absolute Gasteiger partial charge is 0.334 e. The molecule has 0 bridgehead atoms. The van der Waals surface area contributed by atoms with Crippen molar-refractivity contribution < 1.29 is 4.79 Å². The zero-order chi connectivity index (χ0) is 20.7. The first-order valence-corrected chi connectivity index (χ1v) is 10.0. The van der Waals surface area contributed by atoms with Crippen LogP contribution in [-0.2, 0) is 20.0 Å². The van der Waals surface area contributed by atoms with Gasteiger partial charge in [-0.1, -0.05) is 18.2 Å². The second-order valence-electron chi connectivity index (χ2n) is 7.95. The molecule has 1 amide bonds. The van der Waals surface area contributed by atoms with Crippen molar-refractivity contribution in [3.05, 3.63) is 77.9 Å². The highest BCUT2D eigenvalue weighted by Gasteiger charge is 2.16. The van der Waals surface area contributed by atoms with Gasteiger partial charge in [0.25, 0.3) is 5.91 Å². The van der Waals surface area contributed by atoms with Crippen molar-refractivity contribution in [3.8, 4) is 11.3 Å². The van der Waals surface area contributed by atoms with Crippen molar-refractivity contribution in [2.45, 2.75) is 13.0 Å². The third-order valence-corrected chi connectivity index (χ3v) is 5.75. The minimum absolute atomic E-state index is 0.133. The van der Waals surface area contributed by atoms with E-state index in [0.717, 1.165) is 41.5 Å². The van der Waals surface area contributed by atoms with E-state index in [1.165, 1.54) is 11.1 Å². The number of fused-ring (bicyclic) bond motifs is 2. The van der Waals surface area contributed by atoms with Crippen molar-refractivity contribution in [3.63, 3.8) is 0 Å². The van der Waals surface area contributed by atoms with E-state index in [4.69, 9.17) is 0 Å². The molecule has 6 heteroatoms. The Bertz CT molecular complexity index is 1260. The second kappa shape index (κ2) is 7.39. The molecule has 3 heterocycles. The Labute approximate surface area is 175 Å². The Hall–Kier alpha value is -3.51. The number of aromatic nitrogens is 3. The van der Waals surface area contributed by atoms with E-state index in [0.29, 0.717) is 11.4 Å². The summed E-state index contributed by atoms with van der Waals surface area (Å²) >= 11 is 0. The Morgan fingerprint density at radius 1 is 1.00 bits per heavy atom. The third-order valence-electron chi connectivity index (χ3n) is 5.75. The lowest BCUT2D eigenvalue weighted by Gasteiger charge is -2.25. The van der Waals surface area contributed by atoms with Gasteiger partial charge in [-0.25, -0.2) is 9.97 Å². The Morgan fingerprint density at radius 3 is 2.73 bits per heavy atom. The molecule has 1 aliphatic rings. The highest BCUT2D eigenvalue weighted by atomic mass is 16.1. The topological polar surface area (TPSA) is 63.1 Å². The fourth-order valence-corrected chi connectivity index (χ4v) is 4.03. The van der Waals surface area contributed by atoms with Crippen LogP contribution in [0, 0.1) is 0 Å². The molecule has 0 fully saturated rings. The number of likely N-dealkylation sites (N-methyl/N-ethyl adjacent to an activating group) is 1. The lowest BCUT2D eigenvalue weighted by atomic mass is 9.97. The Balaban J connectivity index is 1.41. The number of aryl methyl sites for hydroxylation is 1. The Kier molecular flexibility index (Phi) is 4.56. The van der Waals surface area contributed by atoms with Crippen molar-refractivity contribution in [2.24, 2.45) is 7.05 Å². The predicted octanol–water partition coefficient (Wildman–Crippen LogP) is 3.88. The van der Waals surface area contributed by atoms with Gasteiger partial charge in [-0.2, -0.15) is 0 Å². The van der Waals surface area contributed by atoms with Crippen molar-refractivity contribution in [1.29, 1.82) is 0 Å².